The van der Waals surface area contributed by atoms with Gasteiger partial charge in [0.15, 0.2) is 0 Å². The molecule has 0 amide bonds. The van der Waals surface area contributed by atoms with Crippen molar-refractivity contribution in [1.29, 1.82) is 5.26 Å². The van der Waals surface area contributed by atoms with E-state index in [1.165, 1.54) is 43.8 Å². The Balaban J connectivity index is 1.57. The highest BCUT2D eigenvalue weighted by atomic mass is 15.0. The van der Waals surface area contributed by atoms with Gasteiger partial charge in [0, 0.05) is 32.8 Å². The van der Waals surface area contributed by atoms with E-state index in [9.17, 15) is 5.26 Å². The molecule has 0 atom stereocenters. The van der Waals surface area contributed by atoms with Gasteiger partial charge < -0.3 is 9.13 Å². The number of fused-ring (bicyclic) bond motifs is 6. The summed E-state index contributed by atoms with van der Waals surface area (Å²) < 4.78 is 4.54. The summed E-state index contributed by atoms with van der Waals surface area (Å²) in [6.45, 7) is 10.5. The smallest absolute Gasteiger partial charge is 0.104 e. The number of benzene rings is 5. The molecule has 0 aliphatic rings. The van der Waals surface area contributed by atoms with E-state index in [4.69, 9.17) is 4.98 Å². The summed E-state index contributed by atoms with van der Waals surface area (Å²) in [4.78, 5) is 4.94. The van der Waals surface area contributed by atoms with Crippen LogP contribution in [-0.4, -0.2) is 14.1 Å². The normalized spacial score (nSPS) is 11.6. The molecule has 4 heteroatoms. The lowest BCUT2D eigenvalue weighted by Crippen LogP contribution is -2.05. The maximum atomic E-state index is 11.1. The second kappa shape index (κ2) is 9.94. The van der Waals surface area contributed by atoms with Crippen LogP contribution in [0.4, 0.5) is 0 Å². The van der Waals surface area contributed by atoms with Crippen LogP contribution in [0.3, 0.4) is 0 Å². The minimum atomic E-state index is 0.617. The first-order chi connectivity index (χ1) is 21.8. The van der Waals surface area contributed by atoms with Gasteiger partial charge in [0.1, 0.15) is 11.6 Å². The van der Waals surface area contributed by atoms with E-state index in [0.717, 1.165) is 50.4 Å². The Morgan fingerprint density at radius 2 is 0.911 bits per heavy atom. The van der Waals surface area contributed by atoms with Crippen molar-refractivity contribution in [2.75, 3.05) is 0 Å². The van der Waals surface area contributed by atoms with Gasteiger partial charge in [-0.2, -0.15) is 5.26 Å². The molecule has 3 heterocycles. The van der Waals surface area contributed by atoms with Crippen molar-refractivity contribution in [3.63, 3.8) is 0 Å². The van der Waals surface area contributed by atoms with Crippen LogP contribution in [0.5, 0.6) is 0 Å². The van der Waals surface area contributed by atoms with Crippen LogP contribution in [0.25, 0.3) is 66.2 Å². The highest BCUT2D eigenvalue weighted by Crippen LogP contribution is 2.40. The third-order valence-electron chi connectivity index (χ3n) is 9.03. The number of hydrogen-bond acceptors (Lipinski definition) is 2. The van der Waals surface area contributed by atoms with Crippen molar-refractivity contribution in [3.05, 3.63) is 137 Å². The van der Waals surface area contributed by atoms with Gasteiger partial charge in [-0.05, 0) is 107 Å². The summed E-state index contributed by atoms with van der Waals surface area (Å²) in [7, 11) is 0. The largest absolute Gasteiger partial charge is 0.308 e. The summed E-state index contributed by atoms with van der Waals surface area (Å²) in [6, 6.07) is 39.5. The average molecular weight is 581 g/mol. The maximum Gasteiger partial charge on any atom is 0.104 e. The quantitative estimate of drug-likeness (QED) is 0.209. The third kappa shape index (κ3) is 4.16. The lowest BCUT2D eigenvalue weighted by atomic mass is 10.0. The van der Waals surface area contributed by atoms with E-state index in [1.54, 1.807) is 0 Å². The molecule has 0 saturated heterocycles. The van der Waals surface area contributed by atoms with Gasteiger partial charge in [0.2, 0.25) is 0 Å². The first-order valence-electron chi connectivity index (χ1n) is 15.4. The average Bonchev–Trinajstić information content (AvgIpc) is 3.51. The Morgan fingerprint density at radius 1 is 0.511 bits per heavy atom. The zero-order valence-corrected chi connectivity index (χ0v) is 26.1. The van der Waals surface area contributed by atoms with E-state index in [-0.39, 0.29) is 0 Å². The second-order valence-corrected chi connectivity index (χ2v) is 12.4. The van der Waals surface area contributed by atoms with E-state index >= 15 is 0 Å². The molecule has 0 radical (unpaired) electrons. The predicted octanol–water partition coefficient (Wildman–Crippen LogP) is 10.4. The fourth-order valence-corrected chi connectivity index (χ4v) is 6.95. The van der Waals surface area contributed by atoms with Crippen LogP contribution in [0.1, 0.15) is 33.5 Å². The van der Waals surface area contributed by atoms with Crippen LogP contribution in [0.15, 0.2) is 103 Å². The summed E-state index contributed by atoms with van der Waals surface area (Å²) >= 11 is 0. The van der Waals surface area contributed by atoms with Crippen molar-refractivity contribution in [3.8, 4) is 28.7 Å². The Bertz CT molecular complexity index is 2290. The third-order valence-corrected chi connectivity index (χ3v) is 9.03. The van der Waals surface area contributed by atoms with Crippen molar-refractivity contribution < 1.29 is 0 Å². The topological polar surface area (TPSA) is 46.5 Å². The monoisotopic (exact) mass is 580 g/mol. The Kier molecular flexibility index (Phi) is 5.95. The molecule has 0 unspecified atom stereocenters. The maximum absolute atomic E-state index is 11.1. The second-order valence-electron chi connectivity index (χ2n) is 12.4. The molecule has 4 nitrogen and oxygen atoms in total. The molecule has 8 rings (SSSR count). The molecular formula is C41H32N4. The summed E-state index contributed by atoms with van der Waals surface area (Å²) in [5, 5.41) is 15.8. The van der Waals surface area contributed by atoms with Crippen LogP contribution < -0.4 is 0 Å². The number of hydrogen-bond donors (Lipinski definition) is 0. The Morgan fingerprint density at radius 3 is 1.27 bits per heavy atom. The fourth-order valence-electron chi connectivity index (χ4n) is 6.95. The van der Waals surface area contributed by atoms with Crippen LogP contribution in [0.2, 0.25) is 0 Å². The molecule has 0 saturated carbocycles. The molecule has 8 aromatic rings. The van der Waals surface area contributed by atoms with Crippen LogP contribution >= 0.6 is 0 Å². The molecule has 0 fully saturated rings. The van der Waals surface area contributed by atoms with Gasteiger partial charge in [0.25, 0.3) is 0 Å². The van der Waals surface area contributed by atoms with Gasteiger partial charge in [-0.1, -0.05) is 52.6 Å². The van der Waals surface area contributed by atoms with E-state index in [0.29, 0.717) is 5.56 Å². The zero-order chi connectivity index (χ0) is 31.0. The highest BCUT2D eigenvalue weighted by molar-refractivity contribution is 6.11. The minimum Gasteiger partial charge on any atom is -0.308 e. The molecule has 0 bridgehead atoms. The molecule has 0 N–H and O–H groups in total. The van der Waals surface area contributed by atoms with Crippen molar-refractivity contribution >= 4 is 43.6 Å². The zero-order valence-electron chi connectivity index (χ0n) is 26.1. The van der Waals surface area contributed by atoms with Crippen molar-refractivity contribution in [2.24, 2.45) is 0 Å². The lowest BCUT2D eigenvalue weighted by Gasteiger charge is -2.18. The predicted molar refractivity (Wildman–Crippen MR) is 187 cm³/mol. The summed E-state index contributed by atoms with van der Waals surface area (Å²) in [5.74, 6) is 0. The lowest BCUT2D eigenvalue weighted by molar-refractivity contribution is 1.11. The number of nitrogens with zero attached hydrogens (tertiary/aromatic N) is 4. The molecule has 5 aromatic carbocycles. The summed E-state index contributed by atoms with van der Waals surface area (Å²) in [5.41, 5.74) is 14.2. The molecule has 0 aliphatic heterocycles. The van der Waals surface area contributed by atoms with Crippen molar-refractivity contribution in [2.45, 2.75) is 34.6 Å². The number of aromatic nitrogens is 3. The number of aryl methyl sites for hydroxylation is 5. The number of pyridine rings is 1. The SMILES string of the molecule is Cc1ccc2c(c1)c1cc(C)ccc1n2-c1cc(-c2cccc(C)n2)cc(-n2c3ccc(C)cc3c3cc(C)ccc32)c1C#N. The molecule has 0 aliphatic carbocycles. The van der Waals surface area contributed by atoms with Gasteiger partial charge in [-0.15, -0.1) is 0 Å². The first-order valence-corrected chi connectivity index (χ1v) is 15.4. The van der Waals surface area contributed by atoms with E-state index in [1.807, 2.05) is 19.1 Å². The molecule has 0 spiro atoms. The van der Waals surface area contributed by atoms with Gasteiger partial charge in [-0.25, -0.2) is 0 Å². The molecule has 3 aromatic heterocycles. The highest BCUT2D eigenvalue weighted by Gasteiger charge is 2.23. The standard InChI is InChI=1S/C41H32N4/c1-24-9-13-36-30(17-24)31-18-25(2)10-14-37(31)44(36)40-21-29(35-8-6-7-28(5)43-35)22-41(34(40)23-42)45-38-15-11-26(3)19-32(38)33-20-27(4)12-16-39(33)45/h6-22H,1-5H3. The fraction of sp³-hybridized carbons (Fsp3) is 0.122. The van der Waals surface area contributed by atoms with Gasteiger partial charge >= 0.3 is 0 Å². The van der Waals surface area contributed by atoms with Crippen molar-refractivity contribution in [1.82, 2.24) is 14.1 Å². The van der Waals surface area contributed by atoms with Gasteiger partial charge in [0.05, 0.1) is 39.1 Å². The van der Waals surface area contributed by atoms with Crippen LogP contribution in [0, 0.1) is 45.9 Å². The van der Waals surface area contributed by atoms with Gasteiger partial charge in [-0.3, -0.25) is 4.98 Å². The number of nitriles is 1. The van der Waals surface area contributed by atoms with Crippen LogP contribution in [-0.2, 0) is 0 Å². The van der Waals surface area contributed by atoms with E-state index < -0.39 is 0 Å². The summed E-state index contributed by atoms with van der Waals surface area (Å²) in [6.07, 6.45) is 0. The first kappa shape index (κ1) is 26.9. The Hall–Kier alpha value is -5.66. The Labute approximate surface area is 262 Å². The molecule has 45 heavy (non-hydrogen) atoms. The number of rotatable bonds is 3. The minimum absolute atomic E-state index is 0.617. The van der Waals surface area contributed by atoms with E-state index in [2.05, 4.69) is 134 Å². The molecule has 216 valence electrons. The molecular weight excluding hydrogens is 548 g/mol.